The van der Waals surface area contributed by atoms with Crippen LogP contribution in [0.15, 0.2) is 0 Å². The number of rotatable bonds is 4. The third-order valence-electron chi connectivity index (χ3n) is 3.06. The van der Waals surface area contributed by atoms with Crippen molar-refractivity contribution in [1.82, 2.24) is 9.80 Å². The first-order chi connectivity index (χ1) is 8.04. The van der Waals surface area contributed by atoms with E-state index in [1.807, 2.05) is 13.0 Å². The fourth-order valence-electron chi connectivity index (χ4n) is 1.83. The van der Waals surface area contributed by atoms with Gasteiger partial charge in [-0.2, -0.15) is 5.26 Å². The Morgan fingerprint density at radius 3 is 2.94 bits per heavy atom. The molecule has 0 saturated carbocycles. The molecule has 0 bridgehead atoms. The van der Waals surface area contributed by atoms with E-state index in [1.165, 1.54) is 0 Å². The summed E-state index contributed by atoms with van der Waals surface area (Å²) in [6.07, 6.45) is 0.570. The van der Waals surface area contributed by atoms with Crippen LogP contribution >= 0.6 is 0 Å². The third kappa shape index (κ3) is 4.33. The monoisotopic (exact) mass is 239 g/mol. The number of carbonyl (C=O) groups excluding carboxylic acids is 1. The number of ether oxygens (including phenoxy) is 1. The van der Waals surface area contributed by atoms with E-state index in [0.29, 0.717) is 26.1 Å². The minimum Gasteiger partial charge on any atom is -0.376 e. The van der Waals surface area contributed by atoms with E-state index >= 15 is 0 Å². The van der Waals surface area contributed by atoms with Crippen LogP contribution in [-0.4, -0.2) is 61.1 Å². The molecule has 5 heteroatoms. The number of hydrogen-bond acceptors (Lipinski definition) is 4. The molecule has 0 aromatic carbocycles. The lowest BCUT2D eigenvalue weighted by Crippen LogP contribution is -2.51. The van der Waals surface area contributed by atoms with Crippen LogP contribution in [0.3, 0.4) is 0 Å². The fraction of sp³-hybridized carbons (Fsp3) is 0.833. The van der Waals surface area contributed by atoms with Gasteiger partial charge in [0.2, 0.25) is 5.91 Å². The molecule has 96 valence electrons. The number of morpholine rings is 1. The van der Waals surface area contributed by atoms with E-state index in [0.717, 1.165) is 6.54 Å². The van der Waals surface area contributed by atoms with E-state index in [1.54, 1.807) is 11.9 Å². The predicted molar refractivity (Wildman–Crippen MR) is 64.3 cm³/mol. The molecule has 17 heavy (non-hydrogen) atoms. The van der Waals surface area contributed by atoms with E-state index in [4.69, 9.17) is 10.00 Å². The van der Waals surface area contributed by atoms with Gasteiger partial charge in [0.25, 0.3) is 0 Å². The van der Waals surface area contributed by atoms with Crippen LogP contribution in [0.1, 0.15) is 20.3 Å². The molecule has 1 amide bonds. The average molecular weight is 239 g/mol. The van der Waals surface area contributed by atoms with Gasteiger partial charge in [0.1, 0.15) is 0 Å². The maximum Gasteiger partial charge on any atom is 0.236 e. The number of nitriles is 1. The zero-order valence-corrected chi connectivity index (χ0v) is 10.8. The van der Waals surface area contributed by atoms with Crippen molar-refractivity contribution in [2.75, 3.05) is 33.3 Å². The van der Waals surface area contributed by atoms with Gasteiger partial charge in [0.05, 0.1) is 31.7 Å². The number of carbonyl (C=O) groups is 1. The average Bonchev–Trinajstić information content (AvgIpc) is 2.30. The Hall–Kier alpha value is -1.12. The van der Waals surface area contributed by atoms with Crippen LogP contribution in [0.5, 0.6) is 0 Å². The predicted octanol–water partition coefficient (Wildman–Crippen LogP) is 0.468. The summed E-state index contributed by atoms with van der Waals surface area (Å²) >= 11 is 0. The number of likely N-dealkylation sites (N-methyl/N-ethyl adjacent to an activating group) is 1. The van der Waals surface area contributed by atoms with E-state index < -0.39 is 0 Å². The minimum atomic E-state index is 0.0706. The Morgan fingerprint density at radius 1 is 1.59 bits per heavy atom. The number of hydrogen-bond donors (Lipinski definition) is 0. The van der Waals surface area contributed by atoms with Gasteiger partial charge < -0.3 is 9.64 Å². The second kappa shape index (κ2) is 6.58. The topological polar surface area (TPSA) is 56.6 Å². The van der Waals surface area contributed by atoms with Crippen LogP contribution in [0.2, 0.25) is 0 Å². The molecule has 0 aliphatic carbocycles. The Morgan fingerprint density at radius 2 is 2.29 bits per heavy atom. The molecule has 1 heterocycles. The second-order valence-electron chi connectivity index (χ2n) is 4.65. The van der Waals surface area contributed by atoms with Gasteiger partial charge in [-0.15, -0.1) is 0 Å². The van der Waals surface area contributed by atoms with E-state index in [9.17, 15) is 4.79 Å². The highest BCUT2D eigenvalue weighted by molar-refractivity contribution is 5.78. The zero-order chi connectivity index (χ0) is 12.8. The minimum absolute atomic E-state index is 0.0706. The molecule has 0 aromatic rings. The quantitative estimate of drug-likeness (QED) is 0.715. The number of nitrogens with zero attached hydrogens (tertiary/aromatic N) is 3. The lowest BCUT2D eigenvalue weighted by atomic mass is 10.2. The Kier molecular flexibility index (Phi) is 5.39. The van der Waals surface area contributed by atoms with Gasteiger partial charge in [0.15, 0.2) is 0 Å². The summed E-state index contributed by atoms with van der Waals surface area (Å²) in [6, 6.07) is 2.32. The van der Waals surface area contributed by atoms with Crippen molar-refractivity contribution in [3.05, 3.63) is 0 Å². The molecule has 5 nitrogen and oxygen atoms in total. The van der Waals surface area contributed by atoms with Gasteiger partial charge in [-0.05, 0) is 13.8 Å². The molecule has 2 atom stereocenters. The zero-order valence-electron chi connectivity index (χ0n) is 10.8. The molecule has 1 aliphatic rings. The normalized spacial score (nSPS) is 25.3. The Balaban J connectivity index is 2.41. The van der Waals surface area contributed by atoms with Crippen molar-refractivity contribution < 1.29 is 9.53 Å². The molecule has 0 spiro atoms. The molecule has 1 saturated heterocycles. The van der Waals surface area contributed by atoms with Crippen molar-refractivity contribution in [3.8, 4) is 6.07 Å². The Bertz CT molecular complexity index is 301. The lowest BCUT2D eigenvalue weighted by molar-refractivity contribution is -0.134. The van der Waals surface area contributed by atoms with Crippen molar-refractivity contribution in [2.45, 2.75) is 32.4 Å². The highest BCUT2D eigenvalue weighted by atomic mass is 16.5. The number of amides is 1. The lowest BCUT2D eigenvalue weighted by Gasteiger charge is -2.36. The molecule has 0 radical (unpaired) electrons. The van der Waals surface area contributed by atoms with Crippen molar-refractivity contribution >= 4 is 5.91 Å². The van der Waals surface area contributed by atoms with Crippen molar-refractivity contribution in [2.24, 2.45) is 0 Å². The summed E-state index contributed by atoms with van der Waals surface area (Å²) in [5.74, 6) is 0.0706. The first-order valence-electron chi connectivity index (χ1n) is 6.01. The molecule has 1 fully saturated rings. The molecule has 1 aliphatic heterocycles. The largest absolute Gasteiger partial charge is 0.376 e. The van der Waals surface area contributed by atoms with Crippen LogP contribution in [-0.2, 0) is 9.53 Å². The summed E-state index contributed by atoms with van der Waals surface area (Å²) < 4.78 is 5.52. The molecule has 0 N–H and O–H groups in total. The van der Waals surface area contributed by atoms with Crippen LogP contribution in [0, 0.1) is 11.3 Å². The van der Waals surface area contributed by atoms with Crippen LogP contribution < -0.4 is 0 Å². The van der Waals surface area contributed by atoms with Crippen LogP contribution in [0.4, 0.5) is 0 Å². The molecular weight excluding hydrogens is 218 g/mol. The summed E-state index contributed by atoms with van der Waals surface area (Å²) in [5, 5.41) is 8.48. The maximum absolute atomic E-state index is 11.9. The van der Waals surface area contributed by atoms with Gasteiger partial charge in [0, 0.05) is 26.2 Å². The van der Waals surface area contributed by atoms with Crippen molar-refractivity contribution in [1.29, 1.82) is 5.26 Å². The van der Waals surface area contributed by atoms with E-state index in [-0.39, 0.29) is 18.1 Å². The summed E-state index contributed by atoms with van der Waals surface area (Å²) in [4.78, 5) is 15.7. The van der Waals surface area contributed by atoms with Gasteiger partial charge in [-0.25, -0.2) is 0 Å². The van der Waals surface area contributed by atoms with Gasteiger partial charge in [-0.3, -0.25) is 9.69 Å². The van der Waals surface area contributed by atoms with Gasteiger partial charge >= 0.3 is 0 Å². The molecule has 0 aromatic heterocycles. The summed E-state index contributed by atoms with van der Waals surface area (Å²) in [6.45, 7) is 6.47. The second-order valence-corrected chi connectivity index (χ2v) is 4.65. The highest BCUT2D eigenvalue weighted by Crippen LogP contribution is 2.11. The smallest absolute Gasteiger partial charge is 0.236 e. The first-order valence-corrected chi connectivity index (χ1v) is 6.01. The van der Waals surface area contributed by atoms with Gasteiger partial charge in [-0.1, -0.05) is 0 Å². The summed E-state index contributed by atoms with van der Waals surface area (Å²) in [5.41, 5.74) is 0. The SMILES string of the molecule is CC1CN(CC(=O)N(C)CCC#N)C(C)CO1. The molecule has 2 unspecified atom stereocenters. The third-order valence-corrected chi connectivity index (χ3v) is 3.06. The molecular formula is C12H21N3O2. The fourth-order valence-corrected chi connectivity index (χ4v) is 1.83. The maximum atomic E-state index is 11.9. The molecule has 1 rings (SSSR count). The standard InChI is InChI=1S/C12H21N3O2/c1-10-9-17-11(2)7-15(10)8-12(16)14(3)6-4-5-13/h10-11H,4,6-9H2,1-3H3. The van der Waals surface area contributed by atoms with Crippen LogP contribution in [0.25, 0.3) is 0 Å². The van der Waals surface area contributed by atoms with Crippen molar-refractivity contribution in [3.63, 3.8) is 0 Å². The highest BCUT2D eigenvalue weighted by Gasteiger charge is 2.25. The summed E-state index contributed by atoms with van der Waals surface area (Å²) in [7, 11) is 1.74. The first kappa shape index (κ1) is 13.9. The van der Waals surface area contributed by atoms with E-state index in [2.05, 4.69) is 11.8 Å². The Labute approximate surface area is 103 Å².